The zero-order valence-electron chi connectivity index (χ0n) is 17.6. The number of benzene rings is 2. The molecule has 0 spiro atoms. The lowest BCUT2D eigenvalue weighted by atomic mass is 10.1. The van der Waals surface area contributed by atoms with E-state index in [1.807, 2.05) is 43.3 Å². The van der Waals surface area contributed by atoms with E-state index in [1.54, 1.807) is 31.1 Å². The average molecular weight is 449 g/mol. The van der Waals surface area contributed by atoms with Gasteiger partial charge in [-0.1, -0.05) is 23.5 Å². The van der Waals surface area contributed by atoms with Gasteiger partial charge in [0.15, 0.2) is 0 Å². The standard InChI is InChI=1S/C21H19N7O3S/c1-13-5-4-6-17(28-21(29)26(2)24-25-28)15(13)12-31-19-9-10-27(23-19)20-22-16-8-7-14(30-3)11-18(16)32-20/h4-11H,12H2,1-3H3. The highest BCUT2D eigenvalue weighted by atomic mass is 32.1. The SMILES string of the molecule is COc1ccc2nc(-n3ccc(OCc4c(C)cccc4-n4nnn(C)c4=O)n3)sc2c1. The van der Waals surface area contributed by atoms with Crippen LogP contribution < -0.4 is 15.2 Å². The molecule has 0 atom stereocenters. The average Bonchev–Trinajstić information content (AvgIpc) is 3.51. The first-order valence-electron chi connectivity index (χ1n) is 9.75. The van der Waals surface area contributed by atoms with Crippen LogP contribution in [0.5, 0.6) is 11.6 Å². The van der Waals surface area contributed by atoms with Gasteiger partial charge in [-0.05, 0) is 47.2 Å². The van der Waals surface area contributed by atoms with Crippen molar-refractivity contribution in [3.05, 3.63) is 70.3 Å². The van der Waals surface area contributed by atoms with E-state index < -0.39 is 0 Å². The largest absolute Gasteiger partial charge is 0.497 e. The lowest BCUT2D eigenvalue weighted by molar-refractivity contribution is 0.290. The molecule has 0 fully saturated rings. The molecule has 0 amide bonds. The molecule has 0 unspecified atom stereocenters. The van der Waals surface area contributed by atoms with Crippen LogP contribution in [0.25, 0.3) is 21.0 Å². The molecule has 5 aromatic rings. The molecule has 0 N–H and O–H groups in total. The van der Waals surface area contributed by atoms with Crippen molar-refractivity contribution in [3.63, 3.8) is 0 Å². The first-order chi connectivity index (χ1) is 15.5. The summed E-state index contributed by atoms with van der Waals surface area (Å²) in [6.07, 6.45) is 1.80. The number of aromatic nitrogens is 7. The molecule has 11 heteroatoms. The smallest absolute Gasteiger partial charge is 0.368 e. The van der Waals surface area contributed by atoms with E-state index >= 15 is 0 Å². The molecular weight excluding hydrogens is 430 g/mol. The van der Waals surface area contributed by atoms with Gasteiger partial charge in [-0.3, -0.25) is 0 Å². The summed E-state index contributed by atoms with van der Waals surface area (Å²) in [5, 5.41) is 13.0. The molecule has 0 aliphatic carbocycles. The van der Waals surface area contributed by atoms with Crippen molar-refractivity contribution >= 4 is 21.6 Å². The molecule has 5 rings (SSSR count). The highest BCUT2D eigenvalue weighted by Crippen LogP contribution is 2.28. The van der Waals surface area contributed by atoms with E-state index in [2.05, 4.69) is 20.5 Å². The Hall–Kier alpha value is -3.99. The summed E-state index contributed by atoms with van der Waals surface area (Å²) in [7, 11) is 3.20. The van der Waals surface area contributed by atoms with Gasteiger partial charge in [-0.25, -0.2) is 14.5 Å². The summed E-state index contributed by atoms with van der Waals surface area (Å²) < 4.78 is 16.4. The number of fused-ring (bicyclic) bond motifs is 1. The second kappa shape index (κ2) is 7.93. The second-order valence-corrected chi connectivity index (χ2v) is 8.10. The summed E-state index contributed by atoms with van der Waals surface area (Å²) in [5.41, 5.74) is 2.98. The summed E-state index contributed by atoms with van der Waals surface area (Å²) in [5.74, 6) is 1.23. The van der Waals surface area contributed by atoms with Gasteiger partial charge < -0.3 is 9.47 Å². The van der Waals surface area contributed by atoms with E-state index in [-0.39, 0.29) is 12.3 Å². The maximum atomic E-state index is 12.3. The number of hydrogen-bond acceptors (Lipinski definition) is 8. The lowest BCUT2D eigenvalue weighted by Crippen LogP contribution is -2.23. The summed E-state index contributed by atoms with van der Waals surface area (Å²) in [6.45, 7) is 2.18. The lowest BCUT2D eigenvalue weighted by Gasteiger charge is -2.11. The minimum absolute atomic E-state index is 0.221. The predicted octanol–water partition coefficient (Wildman–Crippen LogP) is 2.66. The fraction of sp³-hybridized carbons (Fsp3) is 0.190. The van der Waals surface area contributed by atoms with Crippen molar-refractivity contribution in [2.75, 3.05) is 7.11 Å². The number of thiazole rings is 1. The monoisotopic (exact) mass is 449 g/mol. The Bertz CT molecular complexity index is 1480. The molecule has 3 heterocycles. The Morgan fingerprint density at radius 2 is 2.00 bits per heavy atom. The van der Waals surface area contributed by atoms with Gasteiger partial charge in [0.1, 0.15) is 12.4 Å². The molecule has 10 nitrogen and oxygen atoms in total. The van der Waals surface area contributed by atoms with Gasteiger partial charge in [-0.15, -0.1) is 5.10 Å². The van der Waals surface area contributed by atoms with Gasteiger partial charge in [-0.2, -0.15) is 9.36 Å². The number of hydrogen-bond donors (Lipinski definition) is 0. The van der Waals surface area contributed by atoms with E-state index in [4.69, 9.17) is 9.47 Å². The summed E-state index contributed by atoms with van der Waals surface area (Å²) in [6, 6.07) is 13.2. The van der Waals surface area contributed by atoms with Crippen LogP contribution in [-0.4, -0.2) is 41.7 Å². The van der Waals surface area contributed by atoms with Crippen molar-refractivity contribution in [1.29, 1.82) is 0 Å². The fourth-order valence-electron chi connectivity index (χ4n) is 3.29. The van der Waals surface area contributed by atoms with Crippen LogP contribution in [0.15, 0.2) is 53.5 Å². The zero-order valence-corrected chi connectivity index (χ0v) is 18.4. The first-order valence-corrected chi connectivity index (χ1v) is 10.6. The Kier molecular flexibility index (Phi) is 4.94. The molecule has 0 saturated carbocycles. The van der Waals surface area contributed by atoms with Crippen molar-refractivity contribution < 1.29 is 9.47 Å². The molecule has 3 aromatic heterocycles. The molecular formula is C21H19N7O3S. The number of tetrazole rings is 1. The van der Waals surface area contributed by atoms with Gasteiger partial charge in [0.05, 0.1) is 23.0 Å². The van der Waals surface area contributed by atoms with Gasteiger partial charge in [0.25, 0.3) is 0 Å². The third-order valence-electron chi connectivity index (χ3n) is 5.04. The molecule has 2 aromatic carbocycles. The van der Waals surface area contributed by atoms with Crippen LogP contribution >= 0.6 is 11.3 Å². The second-order valence-electron chi connectivity index (χ2n) is 7.09. The minimum atomic E-state index is -0.325. The van der Waals surface area contributed by atoms with Crippen molar-refractivity contribution in [1.82, 2.24) is 34.6 Å². The van der Waals surface area contributed by atoms with Crippen molar-refractivity contribution in [2.45, 2.75) is 13.5 Å². The Balaban J connectivity index is 1.40. The van der Waals surface area contributed by atoms with Crippen LogP contribution in [0.2, 0.25) is 0 Å². The van der Waals surface area contributed by atoms with Gasteiger partial charge >= 0.3 is 5.69 Å². The quantitative estimate of drug-likeness (QED) is 0.393. The minimum Gasteiger partial charge on any atom is -0.497 e. The Morgan fingerprint density at radius 3 is 2.78 bits per heavy atom. The third-order valence-corrected chi connectivity index (χ3v) is 6.05. The predicted molar refractivity (Wildman–Crippen MR) is 119 cm³/mol. The number of nitrogens with zero attached hydrogens (tertiary/aromatic N) is 7. The van der Waals surface area contributed by atoms with E-state index in [0.717, 1.165) is 32.2 Å². The summed E-state index contributed by atoms with van der Waals surface area (Å²) >= 11 is 1.51. The van der Waals surface area contributed by atoms with Crippen LogP contribution in [0.4, 0.5) is 0 Å². The molecule has 0 saturated heterocycles. The number of rotatable bonds is 6. The van der Waals surface area contributed by atoms with Crippen molar-refractivity contribution in [2.24, 2.45) is 7.05 Å². The van der Waals surface area contributed by atoms with Crippen LogP contribution in [-0.2, 0) is 13.7 Å². The molecule has 0 aliphatic heterocycles. The van der Waals surface area contributed by atoms with E-state index in [1.165, 1.54) is 20.7 Å². The number of methoxy groups -OCH3 is 1. The maximum absolute atomic E-state index is 12.3. The van der Waals surface area contributed by atoms with Crippen molar-refractivity contribution in [3.8, 4) is 22.4 Å². The highest BCUT2D eigenvalue weighted by molar-refractivity contribution is 7.20. The zero-order chi connectivity index (χ0) is 22.2. The molecule has 162 valence electrons. The number of aryl methyl sites for hydroxylation is 2. The molecule has 0 aliphatic rings. The summed E-state index contributed by atoms with van der Waals surface area (Å²) in [4.78, 5) is 16.9. The van der Waals surface area contributed by atoms with Gasteiger partial charge in [0, 0.05) is 24.9 Å². The first kappa shape index (κ1) is 19.9. The highest BCUT2D eigenvalue weighted by Gasteiger charge is 2.15. The normalized spacial score (nSPS) is 11.2. The Labute approximate surface area is 186 Å². The van der Waals surface area contributed by atoms with Crippen LogP contribution in [0, 0.1) is 6.92 Å². The Morgan fingerprint density at radius 1 is 1.12 bits per heavy atom. The number of ether oxygens (including phenoxy) is 2. The molecule has 0 bridgehead atoms. The fourth-order valence-corrected chi connectivity index (χ4v) is 4.22. The maximum Gasteiger partial charge on any atom is 0.368 e. The van der Waals surface area contributed by atoms with E-state index in [0.29, 0.717) is 11.6 Å². The molecule has 0 radical (unpaired) electrons. The topological polar surface area (TPSA) is 102 Å². The third kappa shape index (κ3) is 3.52. The van der Waals surface area contributed by atoms with E-state index in [9.17, 15) is 4.79 Å². The molecule has 32 heavy (non-hydrogen) atoms. The van der Waals surface area contributed by atoms with Crippen LogP contribution in [0.3, 0.4) is 0 Å². The van der Waals surface area contributed by atoms with Crippen LogP contribution in [0.1, 0.15) is 11.1 Å². The van der Waals surface area contributed by atoms with Gasteiger partial charge in [0.2, 0.25) is 11.0 Å².